The summed E-state index contributed by atoms with van der Waals surface area (Å²) in [7, 11) is 1.63. The van der Waals surface area contributed by atoms with E-state index in [1.807, 2.05) is 0 Å². The maximum Gasteiger partial charge on any atom is 0.350 e. The highest BCUT2D eigenvalue weighted by Crippen LogP contribution is 2.40. The molecule has 0 bridgehead atoms. The van der Waals surface area contributed by atoms with E-state index in [1.165, 1.54) is 30.5 Å². The Labute approximate surface area is 263 Å². The zero-order valence-electron chi connectivity index (χ0n) is 24.3. The second kappa shape index (κ2) is 13.1. The summed E-state index contributed by atoms with van der Waals surface area (Å²) in [6, 6.07) is -1.18. The molecule has 21 heteroatoms. The molecule has 1 fully saturated rings. The van der Waals surface area contributed by atoms with Gasteiger partial charge in [0.15, 0.2) is 23.2 Å². The van der Waals surface area contributed by atoms with Crippen LogP contribution in [0.3, 0.4) is 0 Å². The minimum atomic E-state index is -1.82. The summed E-state index contributed by atoms with van der Waals surface area (Å²) in [4.78, 5) is 73.3. The van der Waals surface area contributed by atoms with Gasteiger partial charge in [-0.2, -0.15) is 9.36 Å². The van der Waals surface area contributed by atoms with E-state index < -0.39 is 46.5 Å². The van der Waals surface area contributed by atoms with Crippen LogP contribution in [0.4, 0.5) is 16.6 Å². The monoisotopic (exact) mass is 665 g/mol. The molecule has 0 unspecified atom stereocenters. The van der Waals surface area contributed by atoms with Crippen LogP contribution in [0.1, 0.15) is 26.1 Å². The second-order valence-electron chi connectivity index (χ2n) is 10.4. The van der Waals surface area contributed by atoms with Crippen molar-refractivity contribution in [2.45, 2.75) is 43.8 Å². The molecule has 19 nitrogen and oxygen atoms in total. The number of β-lactam (4-membered cyclic amide) rings is 1. The van der Waals surface area contributed by atoms with Crippen molar-refractivity contribution in [1.82, 2.24) is 24.3 Å². The van der Waals surface area contributed by atoms with Gasteiger partial charge in [-0.05, 0) is 26.8 Å². The fourth-order valence-electron chi connectivity index (χ4n) is 4.38. The van der Waals surface area contributed by atoms with Gasteiger partial charge in [0.05, 0.1) is 18.7 Å². The summed E-state index contributed by atoms with van der Waals surface area (Å²) in [5.41, 5.74) is 15.4. The minimum Gasteiger partial charge on any atom is -0.543 e. The van der Waals surface area contributed by atoms with E-state index in [0.717, 1.165) is 16.4 Å². The van der Waals surface area contributed by atoms with Crippen LogP contribution in [0, 0.1) is 0 Å². The lowest BCUT2D eigenvalue weighted by atomic mass is 10.0. The SMILES string of the molecule is Cn1c(N)c(N(C=O)CCCN)c[n+]1CC1=C(C(=O)[O-])N2C(=O)[C@@H](NC(=O)/C(=N/OC(C)(C)C(=O)O)c3nsc(N)n3)[C@H]2SC1. The Morgan fingerprint density at radius 1 is 1.38 bits per heavy atom. The number of carboxylic acid groups (broad SMARTS) is 2. The number of nitrogens with two attached hydrogens (primary N) is 3. The van der Waals surface area contributed by atoms with Gasteiger partial charge < -0.3 is 47.3 Å². The van der Waals surface area contributed by atoms with Gasteiger partial charge in [0.25, 0.3) is 11.8 Å². The van der Waals surface area contributed by atoms with Gasteiger partial charge in [-0.15, -0.1) is 21.1 Å². The van der Waals surface area contributed by atoms with Crippen LogP contribution >= 0.6 is 23.3 Å². The van der Waals surface area contributed by atoms with E-state index in [4.69, 9.17) is 22.0 Å². The predicted octanol–water partition coefficient (Wildman–Crippen LogP) is -3.67. The third-order valence-electron chi connectivity index (χ3n) is 6.94. The van der Waals surface area contributed by atoms with Crippen molar-refractivity contribution in [3.8, 4) is 0 Å². The van der Waals surface area contributed by atoms with Crippen LogP contribution in [0.15, 0.2) is 22.6 Å². The minimum absolute atomic E-state index is 0.00144. The van der Waals surface area contributed by atoms with E-state index in [2.05, 4.69) is 19.8 Å². The normalized spacial score (nSPS) is 18.3. The molecular formula is C24H31N11O8S2. The summed E-state index contributed by atoms with van der Waals surface area (Å²) in [6.45, 7) is 3.10. The average molecular weight is 666 g/mol. The highest BCUT2D eigenvalue weighted by molar-refractivity contribution is 8.00. The molecular weight excluding hydrogens is 634 g/mol. The number of thioether (sulfide) groups is 1. The standard InChI is InChI=1S/C24H31N11O8S2/c1-24(2,22(41)42)43-30-13(17-29-23(27)45-31-17)18(37)28-14-19(38)35-15(21(39)40)11(9-44-20(14)35)7-34-8-12(16(26)32(34)3)33(10-36)6-4-5-25/h8,10,14,20,26H,4-7,9,25H2,1-3H3,(H5,27,28,29,31,37,39,40,41,42)/b30-13+/t14-,20-/m1/s1. The van der Waals surface area contributed by atoms with Crippen LogP contribution in [-0.2, 0) is 42.4 Å². The number of hydrogen-bond acceptors (Lipinski definition) is 15. The first-order valence-electron chi connectivity index (χ1n) is 13.3. The van der Waals surface area contributed by atoms with E-state index in [1.54, 1.807) is 22.6 Å². The maximum atomic E-state index is 13.3. The van der Waals surface area contributed by atoms with Gasteiger partial charge in [0, 0.05) is 29.4 Å². The van der Waals surface area contributed by atoms with Crippen molar-refractivity contribution in [2.24, 2.45) is 17.9 Å². The van der Waals surface area contributed by atoms with Crippen LogP contribution < -0.4 is 37.2 Å². The number of nitrogens with zero attached hydrogens (tertiary/aromatic N) is 7. The topological polar surface area (TPSA) is 281 Å². The van der Waals surface area contributed by atoms with Crippen molar-refractivity contribution in [1.29, 1.82) is 0 Å². The Kier molecular flexibility index (Phi) is 9.63. The lowest BCUT2D eigenvalue weighted by Gasteiger charge is -2.50. The molecule has 0 spiro atoms. The zero-order chi connectivity index (χ0) is 33.2. The van der Waals surface area contributed by atoms with Crippen molar-refractivity contribution < 1.29 is 43.7 Å². The molecule has 2 aliphatic rings. The number of nitrogens with one attached hydrogen (secondary N) is 1. The van der Waals surface area contributed by atoms with Crippen LogP contribution in [0.2, 0.25) is 0 Å². The Morgan fingerprint density at radius 3 is 2.67 bits per heavy atom. The van der Waals surface area contributed by atoms with Gasteiger partial charge in [0.1, 0.15) is 11.4 Å². The third kappa shape index (κ3) is 6.54. The smallest absolute Gasteiger partial charge is 0.350 e. The van der Waals surface area contributed by atoms with Gasteiger partial charge >= 0.3 is 5.97 Å². The molecule has 0 aromatic carbocycles. The highest BCUT2D eigenvalue weighted by Gasteiger charge is 2.53. The number of nitrogen functional groups attached to an aromatic ring is 2. The summed E-state index contributed by atoms with van der Waals surface area (Å²) in [5, 5.41) is 26.9. The first-order chi connectivity index (χ1) is 21.2. The summed E-state index contributed by atoms with van der Waals surface area (Å²) in [5.74, 6) is -4.54. The molecule has 2 aromatic heterocycles. The number of rotatable bonds is 14. The second-order valence-corrected chi connectivity index (χ2v) is 12.3. The molecule has 4 rings (SSSR count). The largest absolute Gasteiger partial charge is 0.543 e. The molecule has 45 heavy (non-hydrogen) atoms. The molecule has 0 aliphatic carbocycles. The summed E-state index contributed by atoms with van der Waals surface area (Å²) < 4.78 is 7.06. The Hall–Kier alpha value is -4.76. The third-order valence-corrected chi connectivity index (χ3v) is 8.82. The van der Waals surface area contributed by atoms with Gasteiger partial charge in [0.2, 0.25) is 29.7 Å². The Bertz CT molecular complexity index is 1600. The quantitative estimate of drug-likeness (QED) is 0.0427. The maximum absolute atomic E-state index is 13.3. The Morgan fingerprint density at radius 2 is 2.09 bits per heavy atom. The fourth-order valence-corrected chi connectivity index (χ4v) is 6.14. The van der Waals surface area contributed by atoms with E-state index in [-0.39, 0.29) is 34.8 Å². The number of anilines is 3. The van der Waals surface area contributed by atoms with Gasteiger partial charge in [-0.1, -0.05) is 5.16 Å². The fraction of sp³-hybridized carbons (Fsp3) is 0.458. The molecule has 2 aliphatic heterocycles. The molecule has 242 valence electrons. The molecule has 1 saturated heterocycles. The number of carbonyl (C=O) groups is 5. The van der Waals surface area contributed by atoms with Crippen LogP contribution in [-0.4, -0.2) is 95.8 Å². The number of oxime groups is 1. The molecule has 3 amide bonds. The highest BCUT2D eigenvalue weighted by atomic mass is 32.2. The number of carboxylic acids is 2. The molecule has 2 aromatic rings. The van der Waals surface area contributed by atoms with Crippen molar-refractivity contribution in [3.05, 3.63) is 23.3 Å². The number of hydrogen-bond donors (Lipinski definition) is 5. The van der Waals surface area contributed by atoms with E-state index in [0.29, 0.717) is 37.2 Å². The van der Waals surface area contributed by atoms with Gasteiger partial charge in [-0.3, -0.25) is 19.3 Å². The molecule has 4 heterocycles. The first-order valence-corrected chi connectivity index (χ1v) is 15.1. The first kappa shape index (κ1) is 33.1. The lowest BCUT2D eigenvalue weighted by molar-refractivity contribution is -0.765. The Balaban J connectivity index is 1.56. The number of aromatic nitrogens is 4. The van der Waals surface area contributed by atoms with Crippen molar-refractivity contribution in [2.75, 3.05) is 35.2 Å². The molecule has 8 N–H and O–H groups in total. The predicted molar refractivity (Wildman–Crippen MR) is 158 cm³/mol. The van der Waals surface area contributed by atoms with E-state index >= 15 is 0 Å². The summed E-state index contributed by atoms with van der Waals surface area (Å²) in [6.07, 6.45) is 2.75. The number of aliphatic carboxylic acids is 2. The molecule has 0 saturated carbocycles. The average Bonchev–Trinajstić information content (AvgIpc) is 3.54. The summed E-state index contributed by atoms with van der Waals surface area (Å²) >= 11 is 1.95. The number of carbonyl (C=O) groups excluding carboxylic acids is 4. The number of fused-ring (bicyclic) bond motifs is 1. The van der Waals surface area contributed by atoms with Crippen LogP contribution in [0.25, 0.3) is 0 Å². The molecule has 0 radical (unpaired) electrons. The zero-order valence-corrected chi connectivity index (χ0v) is 26.0. The molecule has 2 atom stereocenters. The van der Waals surface area contributed by atoms with Crippen LogP contribution in [0.5, 0.6) is 0 Å². The van der Waals surface area contributed by atoms with Crippen molar-refractivity contribution in [3.63, 3.8) is 0 Å². The van der Waals surface area contributed by atoms with E-state index in [9.17, 15) is 34.2 Å². The van der Waals surface area contributed by atoms with Crippen molar-refractivity contribution >= 4 is 75.8 Å². The number of amides is 3. The van der Waals surface area contributed by atoms with Gasteiger partial charge in [-0.25, -0.2) is 4.79 Å². The lowest BCUT2D eigenvalue weighted by Crippen LogP contribution is -2.71.